The molecular weight excluding hydrogens is 447 g/mol. The third kappa shape index (κ3) is 4.36. The molecule has 7 nitrogen and oxygen atoms in total. The SMILES string of the molecule is CC(C)(O)C1CN(CNC2CC(F)(F)C2)Cc2c(C(N)=O)c(-c3ccc(F)c(Cl)c3)nn21. The van der Waals surface area contributed by atoms with E-state index in [-0.39, 0.29) is 41.7 Å². The summed E-state index contributed by atoms with van der Waals surface area (Å²) in [6.45, 7) is 4.20. The maximum atomic E-state index is 13.7. The molecule has 4 N–H and O–H groups in total. The number of nitrogens with zero attached hydrogens (tertiary/aromatic N) is 3. The van der Waals surface area contributed by atoms with Crippen molar-refractivity contribution < 1.29 is 23.1 Å². The molecule has 1 atom stereocenters. The van der Waals surface area contributed by atoms with Gasteiger partial charge in [0.2, 0.25) is 0 Å². The highest BCUT2D eigenvalue weighted by molar-refractivity contribution is 6.31. The largest absolute Gasteiger partial charge is 0.388 e. The Kier molecular flexibility index (Phi) is 5.77. The molecule has 1 aliphatic carbocycles. The van der Waals surface area contributed by atoms with Crippen LogP contribution in [0.25, 0.3) is 11.3 Å². The van der Waals surface area contributed by atoms with E-state index in [1.807, 2.05) is 4.90 Å². The quantitative estimate of drug-likeness (QED) is 0.602. The van der Waals surface area contributed by atoms with Crippen LogP contribution in [0.4, 0.5) is 13.2 Å². The van der Waals surface area contributed by atoms with Crippen molar-refractivity contribution in [3.8, 4) is 11.3 Å². The number of nitrogens with two attached hydrogens (primary N) is 1. The second kappa shape index (κ2) is 8.02. The van der Waals surface area contributed by atoms with Crippen LogP contribution in [-0.4, -0.2) is 56.5 Å². The highest BCUT2D eigenvalue weighted by Gasteiger charge is 2.45. The number of fused-ring (bicyclic) bond motifs is 1. The fourth-order valence-corrected chi connectivity index (χ4v) is 4.47. The van der Waals surface area contributed by atoms with E-state index in [4.69, 9.17) is 17.3 Å². The first-order valence-corrected chi connectivity index (χ1v) is 10.7. The number of rotatable bonds is 6. The van der Waals surface area contributed by atoms with Crippen molar-refractivity contribution in [3.05, 3.63) is 40.3 Å². The van der Waals surface area contributed by atoms with Crippen molar-refractivity contribution in [2.75, 3.05) is 13.2 Å². The fourth-order valence-electron chi connectivity index (χ4n) is 4.29. The van der Waals surface area contributed by atoms with Crippen molar-refractivity contribution in [3.63, 3.8) is 0 Å². The van der Waals surface area contributed by atoms with Gasteiger partial charge in [0.15, 0.2) is 0 Å². The van der Waals surface area contributed by atoms with Crippen molar-refractivity contribution in [1.82, 2.24) is 20.0 Å². The molecule has 1 saturated carbocycles. The Labute approximate surface area is 188 Å². The molecule has 1 aromatic carbocycles. The van der Waals surface area contributed by atoms with Crippen LogP contribution in [-0.2, 0) is 6.54 Å². The minimum atomic E-state index is -2.63. The van der Waals surface area contributed by atoms with Gasteiger partial charge < -0.3 is 16.2 Å². The molecule has 1 amide bonds. The normalized spacial score (nSPS) is 21.3. The summed E-state index contributed by atoms with van der Waals surface area (Å²) in [4.78, 5) is 14.3. The van der Waals surface area contributed by atoms with Gasteiger partial charge in [-0.15, -0.1) is 0 Å². The molecule has 0 spiro atoms. The Bertz CT molecular complexity index is 1040. The van der Waals surface area contributed by atoms with Gasteiger partial charge in [0.25, 0.3) is 11.8 Å². The molecule has 1 aliphatic heterocycles. The van der Waals surface area contributed by atoms with Gasteiger partial charge in [-0.2, -0.15) is 5.10 Å². The second-order valence-corrected chi connectivity index (χ2v) is 9.52. The topological polar surface area (TPSA) is 96.4 Å². The summed E-state index contributed by atoms with van der Waals surface area (Å²) < 4.78 is 41.5. The highest BCUT2D eigenvalue weighted by atomic mass is 35.5. The van der Waals surface area contributed by atoms with Crippen LogP contribution in [0.2, 0.25) is 5.02 Å². The summed E-state index contributed by atoms with van der Waals surface area (Å²) in [6, 6.07) is 3.17. The molecule has 174 valence electrons. The lowest BCUT2D eigenvalue weighted by Crippen LogP contribution is -2.54. The van der Waals surface area contributed by atoms with Gasteiger partial charge in [0.1, 0.15) is 11.5 Å². The van der Waals surface area contributed by atoms with E-state index in [9.17, 15) is 23.1 Å². The summed E-state index contributed by atoms with van der Waals surface area (Å²) >= 11 is 5.92. The van der Waals surface area contributed by atoms with Crippen LogP contribution in [0.15, 0.2) is 18.2 Å². The summed E-state index contributed by atoms with van der Waals surface area (Å²) in [5.41, 5.74) is 5.79. The number of halogens is 4. The zero-order valence-electron chi connectivity index (χ0n) is 17.7. The second-order valence-electron chi connectivity index (χ2n) is 9.11. The van der Waals surface area contributed by atoms with E-state index in [2.05, 4.69) is 10.4 Å². The molecule has 1 unspecified atom stereocenters. The van der Waals surface area contributed by atoms with Crippen LogP contribution in [0.5, 0.6) is 0 Å². The number of primary amides is 1. The Balaban J connectivity index is 1.69. The van der Waals surface area contributed by atoms with Crippen molar-refractivity contribution in [2.24, 2.45) is 5.73 Å². The molecule has 0 bridgehead atoms. The fraction of sp³-hybridized carbons (Fsp3) is 0.524. The molecule has 2 aromatic rings. The minimum Gasteiger partial charge on any atom is -0.388 e. The van der Waals surface area contributed by atoms with Crippen LogP contribution < -0.4 is 11.1 Å². The number of carbonyl (C=O) groups is 1. The maximum Gasteiger partial charge on any atom is 0.252 e. The van der Waals surface area contributed by atoms with Gasteiger partial charge in [-0.25, -0.2) is 13.2 Å². The van der Waals surface area contributed by atoms with E-state index in [1.54, 1.807) is 18.5 Å². The molecule has 2 heterocycles. The van der Waals surface area contributed by atoms with E-state index in [0.29, 0.717) is 24.5 Å². The lowest BCUT2D eigenvalue weighted by molar-refractivity contribution is -0.0961. The molecule has 32 heavy (non-hydrogen) atoms. The molecule has 2 aliphatic rings. The average Bonchev–Trinajstić information content (AvgIpc) is 3.04. The standard InChI is InChI=1S/C21H25ClF3N5O2/c1-20(2,32)16-9-29(10-27-12-6-21(24,25)7-12)8-15-17(19(26)31)18(28-30(15)16)11-3-4-14(23)13(22)5-11/h3-5,12,16,27,32H,6-10H2,1-2H3,(H2,26,31). The molecule has 11 heteroatoms. The maximum absolute atomic E-state index is 13.7. The van der Waals surface area contributed by atoms with Crippen LogP contribution in [0.1, 0.15) is 48.8 Å². The number of hydrogen-bond acceptors (Lipinski definition) is 5. The summed E-state index contributed by atoms with van der Waals surface area (Å²) in [6.07, 6.45) is -0.425. The monoisotopic (exact) mass is 471 g/mol. The molecular formula is C21H25ClF3N5O2. The molecule has 4 rings (SSSR count). The zero-order chi connectivity index (χ0) is 23.4. The van der Waals surface area contributed by atoms with E-state index in [1.165, 1.54) is 18.2 Å². The summed E-state index contributed by atoms with van der Waals surface area (Å²) in [5, 5.41) is 18.4. The van der Waals surface area contributed by atoms with Gasteiger partial charge in [-0.1, -0.05) is 11.6 Å². The summed E-state index contributed by atoms with van der Waals surface area (Å²) in [7, 11) is 0. The number of alkyl halides is 2. The van der Waals surface area contributed by atoms with Gasteiger partial charge in [0, 0.05) is 44.2 Å². The van der Waals surface area contributed by atoms with Gasteiger partial charge in [-0.3, -0.25) is 14.4 Å². The third-order valence-electron chi connectivity index (χ3n) is 6.06. The third-order valence-corrected chi connectivity index (χ3v) is 6.35. The Hall–Kier alpha value is -2.14. The predicted octanol–water partition coefficient (Wildman–Crippen LogP) is 2.91. The first-order valence-electron chi connectivity index (χ1n) is 10.3. The summed E-state index contributed by atoms with van der Waals surface area (Å²) in [5.74, 6) is -3.95. The van der Waals surface area contributed by atoms with Gasteiger partial charge >= 0.3 is 0 Å². The molecule has 0 radical (unpaired) electrons. The highest BCUT2D eigenvalue weighted by Crippen LogP contribution is 2.38. The average molecular weight is 472 g/mol. The lowest BCUT2D eigenvalue weighted by Gasteiger charge is -2.41. The first-order chi connectivity index (χ1) is 14.9. The number of hydrogen-bond donors (Lipinski definition) is 3. The first kappa shape index (κ1) is 23.0. The van der Waals surface area contributed by atoms with E-state index >= 15 is 0 Å². The van der Waals surface area contributed by atoms with E-state index < -0.39 is 29.3 Å². The number of amides is 1. The smallest absolute Gasteiger partial charge is 0.252 e. The van der Waals surface area contributed by atoms with Crippen LogP contribution >= 0.6 is 11.6 Å². The number of nitrogens with one attached hydrogen (secondary N) is 1. The Morgan fingerprint density at radius 1 is 1.41 bits per heavy atom. The number of carbonyl (C=O) groups excluding carboxylic acids is 1. The van der Waals surface area contributed by atoms with Gasteiger partial charge in [0.05, 0.1) is 27.9 Å². The lowest BCUT2D eigenvalue weighted by atomic mass is 9.88. The molecule has 1 aromatic heterocycles. The number of aromatic nitrogens is 2. The molecule has 1 fully saturated rings. The van der Waals surface area contributed by atoms with Crippen molar-refractivity contribution in [2.45, 2.75) is 56.8 Å². The Morgan fingerprint density at radius 3 is 2.66 bits per heavy atom. The van der Waals surface area contributed by atoms with Crippen molar-refractivity contribution >= 4 is 17.5 Å². The number of benzene rings is 1. The minimum absolute atomic E-state index is 0.119. The van der Waals surface area contributed by atoms with Crippen LogP contribution in [0, 0.1) is 5.82 Å². The van der Waals surface area contributed by atoms with Crippen molar-refractivity contribution in [1.29, 1.82) is 0 Å². The molecule has 0 saturated heterocycles. The zero-order valence-corrected chi connectivity index (χ0v) is 18.5. The van der Waals surface area contributed by atoms with E-state index in [0.717, 1.165) is 0 Å². The van der Waals surface area contributed by atoms with Crippen LogP contribution in [0.3, 0.4) is 0 Å². The van der Waals surface area contributed by atoms with Gasteiger partial charge in [-0.05, 0) is 32.0 Å². The predicted molar refractivity (Wildman–Crippen MR) is 113 cm³/mol. The Morgan fingerprint density at radius 2 is 2.09 bits per heavy atom. The number of aliphatic hydroxyl groups is 1.